The van der Waals surface area contributed by atoms with E-state index < -0.39 is 6.29 Å². The number of likely N-dealkylation sites (N-methyl/N-ethyl adjacent to an activating group) is 1. The van der Waals surface area contributed by atoms with Crippen molar-refractivity contribution in [3.05, 3.63) is 155 Å². The normalized spacial score (nSPS) is 19.2. The standard InChI is InChI=1S/C40H42N4O4/c1-28-37(26-44(2)21-18-36-13-3-4-20-42-36)47-40(48-38(28)31-16-14-29(27-45)15-17-31)34-11-6-10-33(23-34)32-9-5-8-30(22-32)24-43-39(46)35-12-7-19-41-25-35/h3-17,19-20,22-23,25,28,37-38,40,45H,18,21,24,26-27H2,1-2H3,(H,43,46)/t28-,37+,38+,40+/m0/s1. The molecule has 2 aromatic heterocycles. The van der Waals surface area contributed by atoms with Gasteiger partial charge in [0.15, 0.2) is 6.29 Å². The minimum Gasteiger partial charge on any atom is -0.392 e. The van der Waals surface area contributed by atoms with Crippen LogP contribution in [0.25, 0.3) is 11.1 Å². The van der Waals surface area contributed by atoms with Crippen molar-refractivity contribution in [2.24, 2.45) is 5.92 Å². The van der Waals surface area contributed by atoms with Crippen molar-refractivity contribution in [2.45, 2.75) is 45.0 Å². The summed E-state index contributed by atoms with van der Waals surface area (Å²) in [6.07, 6.45) is 5.06. The molecule has 48 heavy (non-hydrogen) atoms. The van der Waals surface area contributed by atoms with Crippen molar-refractivity contribution in [3.8, 4) is 11.1 Å². The lowest BCUT2D eigenvalue weighted by Crippen LogP contribution is -2.43. The molecule has 8 nitrogen and oxygen atoms in total. The van der Waals surface area contributed by atoms with Gasteiger partial charge in [-0.05, 0) is 71.3 Å². The molecule has 0 spiro atoms. The molecule has 1 fully saturated rings. The number of aromatic nitrogens is 2. The highest BCUT2D eigenvalue weighted by Gasteiger charge is 2.38. The van der Waals surface area contributed by atoms with Gasteiger partial charge in [0, 0.05) is 61.8 Å². The molecular formula is C40H42N4O4. The highest BCUT2D eigenvalue weighted by Crippen LogP contribution is 2.42. The number of benzene rings is 3. The molecule has 0 saturated carbocycles. The van der Waals surface area contributed by atoms with Crippen molar-refractivity contribution in [3.63, 3.8) is 0 Å². The van der Waals surface area contributed by atoms with E-state index in [-0.39, 0.29) is 30.6 Å². The molecular weight excluding hydrogens is 600 g/mol. The summed E-state index contributed by atoms with van der Waals surface area (Å²) >= 11 is 0. The summed E-state index contributed by atoms with van der Waals surface area (Å²) in [5.41, 5.74) is 7.54. The quantitative estimate of drug-likeness (QED) is 0.160. The largest absolute Gasteiger partial charge is 0.392 e. The summed E-state index contributed by atoms with van der Waals surface area (Å²) < 4.78 is 13.5. The minimum atomic E-state index is -0.570. The number of carbonyl (C=O) groups excluding carboxylic acids is 1. The Morgan fingerprint density at radius 2 is 1.67 bits per heavy atom. The number of ether oxygens (including phenoxy) is 2. The van der Waals surface area contributed by atoms with Gasteiger partial charge >= 0.3 is 0 Å². The molecule has 0 aliphatic carbocycles. The molecule has 8 heteroatoms. The van der Waals surface area contributed by atoms with Gasteiger partial charge in [-0.15, -0.1) is 0 Å². The highest BCUT2D eigenvalue weighted by molar-refractivity contribution is 5.93. The van der Waals surface area contributed by atoms with E-state index in [1.54, 1.807) is 24.5 Å². The first-order valence-electron chi connectivity index (χ1n) is 16.4. The molecule has 3 aromatic carbocycles. The third kappa shape index (κ3) is 8.40. The van der Waals surface area contributed by atoms with E-state index in [4.69, 9.17) is 9.47 Å². The number of carbonyl (C=O) groups is 1. The maximum atomic E-state index is 12.6. The lowest BCUT2D eigenvalue weighted by Gasteiger charge is -2.42. The fourth-order valence-corrected chi connectivity index (χ4v) is 6.09. The maximum absolute atomic E-state index is 12.6. The zero-order valence-electron chi connectivity index (χ0n) is 27.4. The van der Waals surface area contributed by atoms with E-state index in [9.17, 15) is 9.90 Å². The number of pyridine rings is 2. The summed E-state index contributed by atoms with van der Waals surface area (Å²) in [6.45, 7) is 4.19. The van der Waals surface area contributed by atoms with Gasteiger partial charge in [0.25, 0.3) is 5.91 Å². The number of hydrogen-bond donors (Lipinski definition) is 2. The zero-order valence-corrected chi connectivity index (χ0v) is 27.4. The number of nitrogens with zero attached hydrogens (tertiary/aromatic N) is 3. The van der Waals surface area contributed by atoms with E-state index in [0.29, 0.717) is 12.1 Å². The van der Waals surface area contributed by atoms with Gasteiger partial charge in [0.1, 0.15) is 0 Å². The van der Waals surface area contributed by atoms with Crippen molar-refractivity contribution < 1.29 is 19.4 Å². The zero-order chi connectivity index (χ0) is 33.3. The van der Waals surface area contributed by atoms with Crippen LogP contribution < -0.4 is 5.32 Å². The average Bonchev–Trinajstić information content (AvgIpc) is 3.15. The number of hydrogen-bond acceptors (Lipinski definition) is 7. The molecule has 0 bridgehead atoms. The molecule has 1 saturated heterocycles. The Kier molecular flexibility index (Phi) is 11.0. The van der Waals surface area contributed by atoms with Crippen molar-refractivity contribution >= 4 is 5.91 Å². The van der Waals surface area contributed by atoms with Crippen molar-refractivity contribution in [1.29, 1.82) is 0 Å². The van der Waals surface area contributed by atoms with Crippen LogP contribution in [0.5, 0.6) is 0 Å². The molecule has 1 amide bonds. The fourth-order valence-electron chi connectivity index (χ4n) is 6.09. The Morgan fingerprint density at radius 1 is 0.854 bits per heavy atom. The monoisotopic (exact) mass is 642 g/mol. The van der Waals surface area contributed by atoms with Crippen LogP contribution >= 0.6 is 0 Å². The van der Waals surface area contributed by atoms with Gasteiger partial charge in [-0.3, -0.25) is 14.8 Å². The van der Waals surface area contributed by atoms with Crippen LogP contribution in [0.1, 0.15) is 57.6 Å². The number of amides is 1. The molecule has 1 aliphatic rings. The summed E-state index contributed by atoms with van der Waals surface area (Å²) in [6, 6.07) is 34.0. The third-order valence-electron chi connectivity index (χ3n) is 8.89. The molecule has 1 aliphatic heterocycles. The van der Waals surface area contributed by atoms with Crippen LogP contribution in [0.4, 0.5) is 0 Å². The first-order valence-corrected chi connectivity index (χ1v) is 16.4. The number of aliphatic hydroxyl groups excluding tert-OH is 1. The van der Waals surface area contributed by atoms with Crippen LogP contribution in [-0.4, -0.2) is 52.1 Å². The first-order chi connectivity index (χ1) is 23.5. The van der Waals surface area contributed by atoms with Crippen LogP contribution in [0.2, 0.25) is 0 Å². The Bertz CT molecular complexity index is 1770. The van der Waals surface area contributed by atoms with E-state index in [2.05, 4.69) is 70.6 Å². The van der Waals surface area contributed by atoms with E-state index in [0.717, 1.165) is 58.6 Å². The van der Waals surface area contributed by atoms with Gasteiger partial charge in [-0.2, -0.15) is 0 Å². The minimum absolute atomic E-state index is 0.00164. The predicted molar refractivity (Wildman–Crippen MR) is 186 cm³/mol. The lowest BCUT2D eigenvalue weighted by molar-refractivity contribution is -0.275. The molecule has 5 aromatic rings. The molecule has 6 rings (SSSR count). The van der Waals surface area contributed by atoms with E-state index >= 15 is 0 Å². The maximum Gasteiger partial charge on any atom is 0.253 e. The SMILES string of the molecule is C[C@H]1[C@@H](CN(C)CCc2ccccn2)O[C@@H](c2cccc(-c3cccc(CNC(=O)c4cccnc4)c3)c2)O[C@H]1c1ccc(CO)cc1. The Labute approximate surface area is 282 Å². The molecule has 4 atom stereocenters. The average molecular weight is 643 g/mol. The smallest absolute Gasteiger partial charge is 0.253 e. The third-order valence-corrected chi connectivity index (χ3v) is 8.89. The summed E-state index contributed by atoms with van der Waals surface area (Å²) in [4.78, 5) is 23.4. The Morgan fingerprint density at radius 3 is 2.42 bits per heavy atom. The summed E-state index contributed by atoms with van der Waals surface area (Å²) in [5.74, 6) is -0.0749. The van der Waals surface area contributed by atoms with Gasteiger partial charge in [-0.1, -0.05) is 73.7 Å². The number of nitrogens with one attached hydrogen (secondary N) is 1. The number of rotatable bonds is 12. The Balaban J connectivity index is 1.20. The van der Waals surface area contributed by atoms with Crippen molar-refractivity contribution in [2.75, 3.05) is 20.1 Å². The number of aliphatic hydroxyl groups is 1. The lowest BCUT2D eigenvalue weighted by atomic mass is 9.90. The highest BCUT2D eigenvalue weighted by atomic mass is 16.7. The van der Waals surface area contributed by atoms with Gasteiger partial charge in [0.05, 0.1) is 24.4 Å². The van der Waals surface area contributed by atoms with Gasteiger partial charge < -0.3 is 24.8 Å². The predicted octanol–water partition coefficient (Wildman–Crippen LogP) is 6.53. The summed E-state index contributed by atoms with van der Waals surface area (Å²) in [5, 5.41) is 12.6. The fraction of sp³-hybridized carbons (Fsp3) is 0.275. The summed E-state index contributed by atoms with van der Waals surface area (Å²) in [7, 11) is 2.13. The van der Waals surface area contributed by atoms with Crippen molar-refractivity contribution in [1.82, 2.24) is 20.2 Å². The molecule has 3 heterocycles. The van der Waals surface area contributed by atoms with Gasteiger partial charge in [-0.25, -0.2) is 0 Å². The van der Waals surface area contributed by atoms with Gasteiger partial charge in [0.2, 0.25) is 0 Å². The van der Waals surface area contributed by atoms with Crippen LogP contribution in [0.3, 0.4) is 0 Å². The molecule has 2 N–H and O–H groups in total. The molecule has 0 radical (unpaired) electrons. The molecule has 0 unspecified atom stereocenters. The Hall–Kier alpha value is -4.73. The second kappa shape index (κ2) is 15.9. The molecule has 246 valence electrons. The van der Waals surface area contributed by atoms with Crippen LogP contribution in [0.15, 0.2) is 122 Å². The van der Waals surface area contributed by atoms with Crippen LogP contribution in [0, 0.1) is 5.92 Å². The van der Waals surface area contributed by atoms with E-state index in [1.165, 1.54) is 0 Å². The first kappa shape index (κ1) is 33.2. The van der Waals surface area contributed by atoms with E-state index in [1.807, 2.05) is 60.8 Å². The van der Waals surface area contributed by atoms with Crippen LogP contribution in [-0.2, 0) is 29.0 Å². The second-order valence-corrected chi connectivity index (χ2v) is 12.4. The second-order valence-electron chi connectivity index (χ2n) is 12.4. The topological polar surface area (TPSA) is 96.8 Å².